The van der Waals surface area contributed by atoms with Crippen LogP contribution in [0.1, 0.15) is 44.3 Å². The van der Waals surface area contributed by atoms with Gasteiger partial charge < -0.3 is 9.88 Å². The number of likely N-dealkylation sites (tertiary alicyclic amines) is 1. The van der Waals surface area contributed by atoms with E-state index in [2.05, 4.69) is 21.3 Å². The zero-order chi connectivity index (χ0) is 16.9. The predicted molar refractivity (Wildman–Crippen MR) is 91.1 cm³/mol. The largest absolute Gasteiger partial charge is 0.354 e. The number of alkyl halides is 1. The summed E-state index contributed by atoms with van der Waals surface area (Å²) in [6.45, 7) is 1.55. The maximum absolute atomic E-state index is 13.9. The summed E-state index contributed by atoms with van der Waals surface area (Å²) in [7, 11) is 1.94. The molecule has 1 amide bonds. The number of halogens is 1. The van der Waals surface area contributed by atoms with Crippen LogP contribution >= 0.6 is 0 Å². The Kier molecular flexibility index (Phi) is 5.66. The molecule has 0 saturated carbocycles. The Bertz CT molecular complexity index is 598. The van der Waals surface area contributed by atoms with Gasteiger partial charge in [0.25, 0.3) is 0 Å². The smallest absolute Gasteiger partial charge is 0.224 e. The van der Waals surface area contributed by atoms with E-state index in [0.29, 0.717) is 32.5 Å². The SMILES string of the molecule is Cn1ccnc1CN1C[C@@H](F)C[C@H]1CNC(=O)CC1=CCCCC1. The first-order valence-corrected chi connectivity index (χ1v) is 8.90. The predicted octanol–water partition coefficient (Wildman–Crippen LogP) is 2.34. The van der Waals surface area contributed by atoms with Crippen molar-refractivity contribution < 1.29 is 9.18 Å². The van der Waals surface area contributed by atoms with Gasteiger partial charge in [-0.25, -0.2) is 9.37 Å². The van der Waals surface area contributed by atoms with Crippen molar-refractivity contribution in [1.82, 2.24) is 19.8 Å². The minimum Gasteiger partial charge on any atom is -0.354 e. The molecule has 1 aliphatic heterocycles. The first kappa shape index (κ1) is 17.1. The monoisotopic (exact) mass is 334 g/mol. The Morgan fingerprint density at radius 1 is 1.46 bits per heavy atom. The van der Waals surface area contributed by atoms with Gasteiger partial charge in [-0.2, -0.15) is 0 Å². The molecule has 24 heavy (non-hydrogen) atoms. The molecule has 132 valence electrons. The van der Waals surface area contributed by atoms with Crippen LogP contribution in [0.3, 0.4) is 0 Å². The van der Waals surface area contributed by atoms with Crippen LogP contribution in [0.15, 0.2) is 24.0 Å². The number of carbonyl (C=O) groups is 1. The number of amides is 1. The minimum atomic E-state index is -0.826. The molecule has 1 N–H and O–H groups in total. The summed E-state index contributed by atoms with van der Waals surface area (Å²) in [5.74, 6) is 0.982. The highest BCUT2D eigenvalue weighted by atomic mass is 19.1. The lowest BCUT2D eigenvalue weighted by atomic mass is 9.97. The highest BCUT2D eigenvalue weighted by Gasteiger charge is 2.32. The molecule has 0 bridgehead atoms. The number of imidazole rings is 1. The number of aryl methyl sites for hydroxylation is 1. The number of hydrogen-bond donors (Lipinski definition) is 1. The van der Waals surface area contributed by atoms with Crippen LogP contribution in [-0.2, 0) is 18.4 Å². The molecule has 6 heteroatoms. The van der Waals surface area contributed by atoms with Crippen molar-refractivity contribution in [3.8, 4) is 0 Å². The summed E-state index contributed by atoms with van der Waals surface area (Å²) in [4.78, 5) is 18.6. The molecule has 2 aliphatic rings. The van der Waals surface area contributed by atoms with E-state index in [0.717, 1.165) is 18.7 Å². The number of nitrogens with one attached hydrogen (secondary N) is 1. The topological polar surface area (TPSA) is 50.2 Å². The summed E-state index contributed by atoms with van der Waals surface area (Å²) in [6.07, 6.45) is 10.5. The number of aromatic nitrogens is 2. The van der Waals surface area contributed by atoms with Crippen molar-refractivity contribution in [3.05, 3.63) is 29.9 Å². The zero-order valence-electron chi connectivity index (χ0n) is 14.4. The molecule has 0 spiro atoms. The molecule has 2 heterocycles. The quantitative estimate of drug-likeness (QED) is 0.813. The van der Waals surface area contributed by atoms with E-state index in [4.69, 9.17) is 0 Å². The van der Waals surface area contributed by atoms with Crippen molar-refractivity contribution in [2.45, 2.75) is 57.3 Å². The van der Waals surface area contributed by atoms with Gasteiger partial charge in [-0.05, 0) is 32.1 Å². The van der Waals surface area contributed by atoms with Gasteiger partial charge >= 0.3 is 0 Å². The molecule has 3 rings (SSSR count). The van der Waals surface area contributed by atoms with Crippen molar-refractivity contribution in [2.75, 3.05) is 13.1 Å². The normalized spacial score (nSPS) is 24.8. The van der Waals surface area contributed by atoms with E-state index >= 15 is 0 Å². The fraction of sp³-hybridized carbons (Fsp3) is 0.667. The van der Waals surface area contributed by atoms with E-state index in [1.54, 1.807) is 6.20 Å². The van der Waals surface area contributed by atoms with Crippen LogP contribution < -0.4 is 5.32 Å². The van der Waals surface area contributed by atoms with E-state index in [9.17, 15) is 9.18 Å². The standard InChI is InChI=1S/C18H27FN4O/c1-22-8-7-20-17(22)13-23-12-15(19)10-16(23)11-21-18(24)9-14-5-3-2-4-6-14/h5,7-8,15-16H,2-4,6,9-13H2,1H3,(H,21,24)/t15-,16-/m0/s1. The van der Waals surface area contributed by atoms with Crippen LogP contribution in [0.2, 0.25) is 0 Å². The Labute approximate surface area is 142 Å². The summed E-state index contributed by atoms with van der Waals surface area (Å²) in [5.41, 5.74) is 1.25. The number of carbonyl (C=O) groups excluding carboxylic acids is 1. The minimum absolute atomic E-state index is 0.0426. The second-order valence-electron chi connectivity index (χ2n) is 6.96. The molecular weight excluding hydrogens is 307 g/mol. The second kappa shape index (κ2) is 7.92. The molecule has 1 aliphatic carbocycles. The lowest BCUT2D eigenvalue weighted by Gasteiger charge is -2.24. The second-order valence-corrected chi connectivity index (χ2v) is 6.96. The average Bonchev–Trinajstić information content (AvgIpc) is 3.12. The Morgan fingerprint density at radius 3 is 3.04 bits per heavy atom. The van der Waals surface area contributed by atoms with E-state index in [1.807, 2.05) is 17.8 Å². The third-order valence-corrected chi connectivity index (χ3v) is 5.05. The molecule has 5 nitrogen and oxygen atoms in total. The molecule has 2 atom stereocenters. The summed E-state index contributed by atoms with van der Waals surface area (Å²) in [6, 6.07) is 0.0426. The van der Waals surface area contributed by atoms with Gasteiger partial charge in [0, 0.05) is 45.0 Å². The maximum atomic E-state index is 13.9. The van der Waals surface area contributed by atoms with Crippen molar-refractivity contribution >= 4 is 5.91 Å². The first-order chi connectivity index (χ1) is 11.6. The zero-order valence-corrected chi connectivity index (χ0v) is 14.4. The van der Waals surface area contributed by atoms with E-state index in [-0.39, 0.29) is 11.9 Å². The maximum Gasteiger partial charge on any atom is 0.224 e. The van der Waals surface area contributed by atoms with Gasteiger partial charge in [0.1, 0.15) is 12.0 Å². The number of allylic oxidation sites excluding steroid dienone is 1. The molecule has 1 saturated heterocycles. The van der Waals surface area contributed by atoms with E-state index < -0.39 is 6.17 Å². The summed E-state index contributed by atoms with van der Waals surface area (Å²) >= 11 is 0. The van der Waals surface area contributed by atoms with E-state index in [1.165, 1.54) is 18.4 Å². The highest BCUT2D eigenvalue weighted by Crippen LogP contribution is 2.22. The van der Waals surface area contributed by atoms with Gasteiger partial charge in [-0.15, -0.1) is 0 Å². The Balaban J connectivity index is 1.50. The fourth-order valence-electron chi connectivity index (χ4n) is 3.62. The summed E-state index contributed by atoms with van der Waals surface area (Å²) < 4.78 is 15.8. The Morgan fingerprint density at radius 2 is 2.33 bits per heavy atom. The number of rotatable bonds is 6. The van der Waals surface area contributed by atoms with Crippen LogP contribution in [0, 0.1) is 0 Å². The van der Waals surface area contributed by atoms with Gasteiger partial charge in [0.15, 0.2) is 0 Å². The average molecular weight is 334 g/mol. The molecule has 1 aromatic rings. The lowest BCUT2D eigenvalue weighted by Crippen LogP contribution is -2.40. The molecule has 1 fully saturated rings. The van der Waals surface area contributed by atoms with Crippen molar-refractivity contribution in [1.29, 1.82) is 0 Å². The molecule has 0 unspecified atom stereocenters. The molecule has 0 radical (unpaired) electrons. The number of nitrogens with zero attached hydrogens (tertiary/aromatic N) is 3. The lowest BCUT2D eigenvalue weighted by molar-refractivity contribution is -0.120. The third-order valence-electron chi connectivity index (χ3n) is 5.05. The van der Waals surface area contributed by atoms with Crippen LogP contribution in [0.5, 0.6) is 0 Å². The third kappa shape index (κ3) is 4.44. The van der Waals surface area contributed by atoms with Gasteiger partial charge in [-0.1, -0.05) is 11.6 Å². The summed E-state index contributed by atoms with van der Waals surface area (Å²) in [5, 5.41) is 3.00. The van der Waals surface area contributed by atoms with Gasteiger partial charge in [0.05, 0.1) is 6.54 Å². The molecular formula is C18H27FN4O. The first-order valence-electron chi connectivity index (χ1n) is 8.90. The van der Waals surface area contributed by atoms with Crippen LogP contribution in [0.4, 0.5) is 4.39 Å². The molecule has 1 aromatic heterocycles. The highest BCUT2D eigenvalue weighted by molar-refractivity contribution is 5.78. The van der Waals surface area contributed by atoms with Crippen LogP contribution in [0.25, 0.3) is 0 Å². The Hall–Kier alpha value is -1.69. The van der Waals surface area contributed by atoms with Crippen LogP contribution in [-0.4, -0.2) is 45.7 Å². The van der Waals surface area contributed by atoms with Gasteiger partial charge in [0.2, 0.25) is 5.91 Å². The van der Waals surface area contributed by atoms with Crippen molar-refractivity contribution in [2.24, 2.45) is 7.05 Å². The number of hydrogen-bond acceptors (Lipinski definition) is 3. The van der Waals surface area contributed by atoms with Gasteiger partial charge in [-0.3, -0.25) is 9.69 Å². The fourth-order valence-corrected chi connectivity index (χ4v) is 3.62. The van der Waals surface area contributed by atoms with Crippen molar-refractivity contribution in [3.63, 3.8) is 0 Å². The molecule has 0 aromatic carbocycles.